The minimum absolute atomic E-state index is 0.434. The predicted octanol–water partition coefficient (Wildman–Crippen LogP) is 4.19. The van der Waals surface area contributed by atoms with Gasteiger partial charge in [-0.3, -0.25) is 0 Å². The number of halogens is 3. The van der Waals surface area contributed by atoms with E-state index in [1.807, 2.05) is 24.3 Å². The lowest BCUT2D eigenvalue weighted by molar-refractivity contribution is 0.510. The van der Waals surface area contributed by atoms with Gasteiger partial charge < -0.3 is 4.98 Å². The Morgan fingerprint density at radius 3 is 2.68 bits per heavy atom. The third-order valence-corrected chi connectivity index (χ3v) is 3.33. The Hall–Kier alpha value is -1.75. The molecular formula is C14H9BrF2N2. The summed E-state index contributed by atoms with van der Waals surface area (Å²) in [6, 6.07) is 10.1. The molecule has 1 aromatic heterocycles. The Kier molecular flexibility index (Phi) is 3.06. The summed E-state index contributed by atoms with van der Waals surface area (Å²) in [6.07, 6.45) is 0.581. The first-order valence-corrected chi connectivity index (χ1v) is 6.49. The standard InChI is InChI=1S/C14H9BrF2N2/c15-9-3-1-2-8(4-9)5-14-18-12-6-10(16)11(17)7-13(12)19-14/h1-4,6-7H,5H2,(H,18,19). The van der Waals surface area contributed by atoms with Gasteiger partial charge in [0.2, 0.25) is 0 Å². The van der Waals surface area contributed by atoms with Crippen LogP contribution in [0.5, 0.6) is 0 Å². The Morgan fingerprint density at radius 2 is 1.89 bits per heavy atom. The normalized spacial score (nSPS) is 11.1. The van der Waals surface area contributed by atoms with Crippen LogP contribution in [0, 0.1) is 11.6 Å². The number of aromatic nitrogens is 2. The summed E-state index contributed by atoms with van der Waals surface area (Å²) in [7, 11) is 0. The van der Waals surface area contributed by atoms with Gasteiger partial charge >= 0.3 is 0 Å². The van der Waals surface area contributed by atoms with Crippen LogP contribution in [0.3, 0.4) is 0 Å². The van der Waals surface area contributed by atoms with E-state index in [9.17, 15) is 8.78 Å². The number of imidazole rings is 1. The average molecular weight is 323 g/mol. The van der Waals surface area contributed by atoms with Gasteiger partial charge in [-0.2, -0.15) is 0 Å². The van der Waals surface area contributed by atoms with Gasteiger partial charge in [-0.25, -0.2) is 13.8 Å². The van der Waals surface area contributed by atoms with Crippen molar-refractivity contribution in [3.63, 3.8) is 0 Å². The number of hydrogen-bond acceptors (Lipinski definition) is 1. The van der Waals surface area contributed by atoms with E-state index < -0.39 is 11.6 Å². The first-order valence-electron chi connectivity index (χ1n) is 5.70. The van der Waals surface area contributed by atoms with Gasteiger partial charge in [-0.15, -0.1) is 0 Å². The van der Waals surface area contributed by atoms with Crippen LogP contribution in [0.2, 0.25) is 0 Å². The molecule has 3 aromatic rings. The molecule has 96 valence electrons. The number of hydrogen-bond donors (Lipinski definition) is 1. The molecule has 19 heavy (non-hydrogen) atoms. The van der Waals surface area contributed by atoms with E-state index >= 15 is 0 Å². The van der Waals surface area contributed by atoms with E-state index in [0.29, 0.717) is 23.3 Å². The van der Waals surface area contributed by atoms with Crippen molar-refractivity contribution in [1.82, 2.24) is 9.97 Å². The van der Waals surface area contributed by atoms with Crippen molar-refractivity contribution in [1.29, 1.82) is 0 Å². The lowest BCUT2D eigenvalue weighted by Crippen LogP contribution is -1.90. The van der Waals surface area contributed by atoms with Crippen molar-refractivity contribution in [2.45, 2.75) is 6.42 Å². The number of nitrogens with zero attached hydrogens (tertiary/aromatic N) is 1. The third-order valence-electron chi connectivity index (χ3n) is 2.83. The molecule has 2 aromatic carbocycles. The lowest BCUT2D eigenvalue weighted by Gasteiger charge is -1.98. The van der Waals surface area contributed by atoms with Crippen LogP contribution < -0.4 is 0 Å². The minimum Gasteiger partial charge on any atom is -0.342 e. The van der Waals surface area contributed by atoms with E-state index in [1.165, 1.54) is 0 Å². The van der Waals surface area contributed by atoms with E-state index in [0.717, 1.165) is 22.2 Å². The molecule has 5 heteroatoms. The van der Waals surface area contributed by atoms with Gasteiger partial charge in [0.25, 0.3) is 0 Å². The topological polar surface area (TPSA) is 28.7 Å². The molecule has 0 amide bonds. The van der Waals surface area contributed by atoms with E-state index in [4.69, 9.17) is 0 Å². The highest BCUT2D eigenvalue weighted by atomic mass is 79.9. The monoisotopic (exact) mass is 322 g/mol. The first kappa shape index (κ1) is 12.3. The van der Waals surface area contributed by atoms with Crippen LogP contribution in [0.25, 0.3) is 11.0 Å². The van der Waals surface area contributed by atoms with Crippen molar-refractivity contribution in [3.8, 4) is 0 Å². The number of H-pyrrole nitrogens is 1. The maximum Gasteiger partial charge on any atom is 0.161 e. The molecule has 1 heterocycles. The molecule has 0 atom stereocenters. The zero-order valence-electron chi connectivity index (χ0n) is 9.75. The zero-order chi connectivity index (χ0) is 13.4. The van der Waals surface area contributed by atoms with Crippen molar-refractivity contribution < 1.29 is 8.78 Å². The summed E-state index contributed by atoms with van der Waals surface area (Å²) in [5.74, 6) is -1.07. The Balaban J connectivity index is 1.97. The molecule has 0 aliphatic heterocycles. The van der Waals surface area contributed by atoms with Gasteiger partial charge in [0.1, 0.15) is 5.82 Å². The second-order valence-corrected chi connectivity index (χ2v) is 5.19. The number of nitrogens with one attached hydrogen (secondary N) is 1. The van der Waals surface area contributed by atoms with Gasteiger partial charge in [0.05, 0.1) is 11.0 Å². The molecule has 0 saturated carbocycles. The molecule has 0 spiro atoms. The number of fused-ring (bicyclic) bond motifs is 1. The SMILES string of the molecule is Fc1cc2nc(Cc3cccc(Br)c3)[nH]c2cc1F. The quantitative estimate of drug-likeness (QED) is 0.752. The predicted molar refractivity (Wildman–Crippen MR) is 73.0 cm³/mol. The minimum atomic E-state index is -0.881. The van der Waals surface area contributed by atoms with Gasteiger partial charge in [-0.05, 0) is 17.7 Å². The van der Waals surface area contributed by atoms with Crippen LogP contribution in [0.15, 0.2) is 40.9 Å². The molecule has 0 aliphatic carbocycles. The van der Waals surface area contributed by atoms with Crippen molar-refractivity contribution in [3.05, 3.63) is 63.9 Å². The fourth-order valence-corrected chi connectivity index (χ4v) is 2.43. The van der Waals surface area contributed by atoms with Gasteiger partial charge in [0.15, 0.2) is 11.6 Å². The van der Waals surface area contributed by atoms with Crippen molar-refractivity contribution >= 4 is 27.0 Å². The molecule has 0 radical (unpaired) electrons. The maximum absolute atomic E-state index is 13.1. The molecule has 3 rings (SSSR count). The summed E-state index contributed by atoms with van der Waals surface area (Å²) in [5.41, 5.74) is 2.00. The highest BCUT2D eigenvalue weighted by Gasteiger charge is 2.09. The Labute approximate surface area is 116 Å². The molecular weight excluding hydrogens is 314 g/mol. The lowest BCUT2D eigenvalue weighted by atomic mass is 10.1. The van der Waals surface area contributed by atoms with Crippen LogP contribution >= 0.6 is 15.9 Å². The van der Waals surface area contributed by atoms with Crippen LogP contribution in [-0.4, -0.2) is 9.97 Å². The smallest absolute Gasteiger partial charge is 0.161 e. The molecule has 2 nitrogen and oxygen atoms in total. The summed E-state index contributed by atoms with van der Waals surface area (Å²) in [6.45, 7) is 0. The molecule has 0 aliphatic rings. The van der Waals surface area contributed by atoms with E-state index in [1.54, 1.807) is 0 Å². The van der Waals surface area contributed by atoms with Crippen molar-refractivity contribution in [2.24, 2.45) is 0 Å². The molecule has 0 bridgehead atoms. The molecule has 0 fully saturated rings. The van der Waals surface area contributed by atoms with Crippen LogP contribution in [-0.2, 0) is 6.42 Å². The van der Waals surface area contributed by atoms with E-state index in [2.05, 4.69) is 25.9 Å². The summed E-state index contributed by atoms with van der Waals surface area (Å²) >= 11 is 3.40. The third kappa shape index (κ3) is 2.51. The average Bonchev–Trinajstić information content (AvgIpc) is 2.71. The summed E-state index contributed by atoms with van der Waals surface area (Å²) in [4.78, 5) is 7.26. The maximum atomic E-state index is 13.1. The number of aromatic amines is 1. The highest BCUT2D eigenvalue weighted by molar-refractivity contribution is 9.10. The largest absolute Gasteiger partial charge is 0.342 e. The molecule has 1 N–H and O–H groups in total. The Bertz CT molecular complexity index is 713. The van der Waals surface area contributed by atoms with E-state index in [-0.39, 0.29) is 0 Å². The van der Waals surface area contributed by atoms with Crippen molar-refractivity contribution in [2.75, 3.05) is 0 Å². The van der Waals surface area contributed by atoms with Gasteiger partial charge in [0, 0.05) is 23.0 Å². The molecule has 0 unspecified atom stereocenters. The summed E-state index contributed by atoms with van der Waals surface area (Å²) < 4.78 is 27.2. The second kappa shape index (κ2) is 4.74. The first-order chi connectivity index (χ1) is 9.11. The summed E-state index contributed by atoms with van der Waals surface area (Å²) in [5, 5.41) is 0. The Morgan fingerprint density at radius 1 is 1.11 bits per heavy atom. The van der Waals surface area contributed by atoms with Crippen LogP contribution in [0.4, 0.5) is 8.78 Å². The van der Waals surface area contributed by atoms with Gasteiger partial charge in [-0.1, -0.05) is 28.1 Å². The zero-order valence-corrected chi connectivity index (χ0v) is 11.3. The highest BCUT2D eigenvalue weighted by Crippen LogP contribution is 2.19. The number of rotatable bonds is 2. The number of benzene rings is 2. The molecule has 0 saturated heterocycles. The van der Waals surface area contributed by atoms with Crippen LogP contribution in [0.1, 0.15) is 11.4 Å². The fraction of sp³-hybridized carbons (Fsp3) is 0.0714. The second-order valence-electron chi connectivity index (χ2n) is 4.27. The fourth-order valence-electron chi connectivity index (χ4n) is 1.98.